The standard InChI is InChI=1S/C7H15N3O/c1-2-4-10-5-3-8-6-7(10)9-11/h2,7-9,11H,1,3-6H2. The Morgan fingerprint density at radius 1 is 1.82 bits per heavy atom. The summed E-state index contributed by atoms with van der Waals surface area (Å²) in [5.41, 5.74) is 2.25. The van der Waals surface area contributed by atoms with E-state index in [1.807, 2.05) is 6.08 Å². The van der Waals surface area contributed by atoms with Crippen molar-refractivity contribution in [3.05, 3.63) is 12.7 Å². The van der Waals surface area contributed by atoms with Crippen molar-refractivity contribution in [2.24, 2.45) is 0 Å². The molecule has 1 atom stereocenters. The van der Waals surface area contributed by atoms with E-state index >= 15 is 0 Å². The first kappa shape index (κ1) is 8.67. The zero-order chi connectivity index (χ0) is 8.10. The maximum absolute atomic E-state index is 8.72. The molecule has 0 aliphatic carbocycles. The molecule has 1 fully saturated rings. The zero-order valence-corrected chi connectivity index (χ0v) is 6.58. The van der Waals surface area contributed by atoms with Gasteiger partial charge in [0.1, 0.15) is 0 Å². The van der Waals surface area contributed by atoms with Gasteiger partial charge < -0.3 is 10.5 Å². The molecule has 1 heterocycles. The van der Waals surface area contributed by atoms with Gasteiger partial charge in [-0.2, -0.15) is 5.48 Å². The molecule has 1 aliphatic heterocycles. The van der Waals surface area contributed by atoms with Crippen molar-refractivity contribution in [1.82, 2.24) is 15.7 Å². The Kier molecular flexibility index (Phi) is 3.51. The van der Waals surface area contributed by atoms with Crippen molar-refractivity contribution in [1.29, 1.82) is 0 Å². The molecule has 0 aromatic heterocycles. The van der Waals surface area contributed by atoms with Crippen LogP contribution in [0.1, 0.15) is 0 Å². The SMILES string of the molecule is C=CCN1CCNCC1NO. The van der Waals surface area contributed by atoms with Crippen LogP contribution in [0, 0.1) is 0 Å². The van der Waals surface area contributed by atoms with E-state index in [2.05, 4.69) is 22.3 Å². The highest BCUT2D eigenvalue weighted by atomic mass is 16.5. The minimum atomic E-state index is 0.0294. The average Bonchev–Trinajstić information content (AvgIpc) is 2.06. The topological polar surface area (TPSA) is 47.5 Å². The van der Waals surface area contributed by atoms with E-state index < -0.39 is 0 Å². The second-order valence-electron chi connectivity index (χ2n) is 2.63. The van der Waals surface area contributed by atoms with E-state index in [0.717, 1.165) is 26.2 Å². The number of nitrogens with zero attached hydrogens (tertiary/aromatic N) is 1. The van der Waals surface area contributed by atoms with Gasteiger partial charge >= 0.3 is 0 Å². The monoisotopic (exact) mass is 157 g/mol. The lowest BCUT2D eigenvalue weighted by Gasteiger charge is -2.34. The van der Waals surface area contributed by atoms with E-state index in [1.54, 1.807) is 0 Å². The lowest BCUT2D eigenvalue weighted by atomic mass is 10.3. The van der Waals surface area contributed by atoms with Gasteiger partial charge in [0.2, 0.25) is 0 Å². The second-order valence-corrected chi connectivity index (χ2v) is 2.63. The van der Waals surface area contributed by atoms with Crippen LogP contribution in [-0.2, 0) is 0 Å². The number of piperazine rings is 1. The summed E-state index contributed by atoms with van der Waals surface area (Å²) in [4.78, 5) is 2.13. The van der Waals surface area contributed by atoms with Crippen molar-refractivity contribution >= 4 is 0 Å². The highest BCUT2D eigenvalue weighted by Gasteiger charge is 2.19. The average molecular weight is 157 g/mol. The van der Waals surface area contributed by atoms with Crippen molar-refractivity contribution < 1.29 is 5.21 Å². The molecule has 4 heteroatoms. The largest absolute Gasteiger partial charge is 0.315 e. The Hall–Kier alpha value is -0.420. The third-order valence-electron chi connectivity index (χ3n) is 1.87. The molecule has 64 valence electrons. The van der Waals surface area contributed by atoms with Gasteiger partial charge in [-0.25, -0.2) is 0 Å². The molecular formula is C7H15N3O. The zero-order valence-electron chi connectivity index (χ0n) is 6.58. The van der Waals surface area contributed by atoms with Crippen molar-refractivity contribution in [3.63, 3.8) is 0 Å². The third kappa shape index (κ3) is 2.27. The van der Waals surface area contributed by atoms with Crippen LogP contribution in [0.25, 0.3) is 0 Å². The van der Waals surface area contributed by atoms with Crippen molar-refractivity contribution in [3.8, 4) is 0 Å². The van der Waals surface area contributed by atoms with Gasteiger partial charge in [0.15, 0.2) is 0 Å². The lowest BCUT2D eigenvalue weighted by molar-refractivity contribution is 0.0251. The first-order chi connectivity index (χ1) is 5.38. The number of hydrogen-bond acceptors (Lipinski definition) is 4. The quantitative estimate of drug-likeness (QED) is 0.377. The van der Waals surface area contributed by atoms with Crippen LogP contribution in [0.4, 0.5) is 0 Å². The molecule has 1 aliphatic rings. The molecule has 0 aromatic rings. The predicted molar refractivity (Wildman–Crippen MR) is 43.3 cm³/mol. The Balaban J connectivity index is 2.37. The highest BCUT2D eigenvalue weighted by Crippen LogP contribution is 1.98. The summed E-state index contributed by atoms with van der Waals surface area (Å²) in [7, 11) is 0. The van der Waals surface area contributed by atoms with Crippen LogP contribution >= 0.6 is 0 Å². The molecule has 0 amide bonds. The molecule has 0 aromatic carbocycles. The van der Waals surface area contributed by atoms with Crippen LogP contribution in [0.2, 0.25) is 0 Å². The van der Waals surface area contributed by atoms with Gasteiger partial charge in [-0.15, -0.1) is 6.58 Å². The fourth-order valence-electron chi connectivity index (χ4n) is 1.26. The molecule has 3 N–H and O–H groups in total. The van der Waals surface area contributed by atoms with Gasteiger partial charge in [0.25, 0.3) is 0 Å². The summed E-state index contributed by atoms with van der Waals surface area (Å²) in [6.45, 7) is 7.18. The smallest absolute Gasteiger partial charge is 0.0964 e. The van der Waals surface area contributed by atoms with Crippen molar-refractivity contribution in [2.45, 2.75) is 6.17 Å². The normalized spacial score (nSPS) is 26.8. The summed E-state index contributed by atoms with van der Waals surface area (Å²) < 4.78 is 0. The molecule has 1 rings (SSSR count). The van der Waals surface area contributed by atoms with E-state index in [1.165, 1.54) is 0 Å². The Labute approximate surface area is 66.8 Å². The molecule has 11 heavy (non-hydrogen) atoms. The number of hydrogen-bond donors (Lipinski definition) is 3. The van der Waals surface area contributed by atoms with Gasteiger partial charge in [-0.3, -0.25) is 4.90 Å². The molecule has 0 bridgehead atoms. The molecule has 0 spiro atoms. The van der Waals surface area contributed by atoms with Crippen LogP contribution in [-0.4, -0.2) is 42.5 Å². The summed E-state index contributed by atoms with van der Waals surface area (Å²) >= 11 is 0. The van der Waals surface area contributed by atoms with Gasteiger partial charge in [-0.05, 0) is 0 Å². The Bertz CT molecular complexity index is 129. The summed E-state index contributed by atoms with van der Waals surface area (Å²) in [5.74, 6) is 0. The second kappa shape index (κ2) is 4.46. The summed E-state index contributed by atoms with van der Waals surface area (Å²) in [6, 6.07) is 0. The molecule has 0 saturated carbocycles. The van der Waals surface area contributed by atoms with E-state index in [4.69, 9.17) is 5.21 Å². The molecule has 1 unspecified atom stereocenters. The molecule has 4 nitrogen and oxygen atoms in total. The van der Waals surface area contributed by atoms with Crippen LogP contribution < -0.4 is 10.8 Å². The predicted octanol–water partition coefficient (Wildman–Crippen LogP) is -0.617. The highest BCUT2D eigenvalue weighted by molar-refractivity contribution is 4.81. The first-order valence-electron chi connectivity index (χ1n) is 3.83. The maximum atomic E-state index is 8.72. The Morgan fingerprint density at radius 3 is 3.27 bits per heavy atom. The number of hydroxylamine groups is 1. The van der Waals surface area contributed by atoms with Crippen LogP contribution in [0.3, 0.4) is 0 Å². The van der Waals surface area contributed by atoms with E-state index in [9.17, 15) is 0 Å². The molecule has 0 radical (unpaired) electrons. The van der Waals surface area contributed by atoms with Gasteiger partial charge in [-0.1, -0.05) is 6.08 Å². The maximum Gasteiger partial charge on any atom is 0.0964 e. The molecule has 1 saturated heterocycles. The first-order valence-corrected chi connectivity index (χ1v) is 3.83. The van der Waals surface area contributed by atoms with Gasteiger partial charge in [0, 0.05) is 26.2 Å². The number of rotatable bonds is 3. The molecular weight excluding hydrogens is 142 g/mol. The number of nitrogens with one attached hydrogen (secondary N) is 2. The fraction of sp³-hybridized carbons (Fsp3) is 0.714. The lowest BCUT2D eigenvalue weighted by Crippen LogP contribution is -2.56. The van der Waals surface area contributed by atoms with Crippen LogP contribution in [0.5, 0.6) is 0 Å². The van der Waals surface area contributed by atoms with Gasteiger partial charge in [0.05, 0.1) is 6.17 Å². The Morgan fingerprint density at radius 2 is 2.64 bits per heavy atom. The van der Waals surface area contributed by atoms with Crippen LogP contribution in [0.15, 0.2) is 12.7 Å². The minimum Gasteiger partial charge on any atom is -0.315 e. The van der Waals surface area contributed by atoms with Crippen molar-refractivity contribution in [2.75, 3.05) is 26.2 Å². The van der Waals surface area contributed by atoms with E-state index in [0.29, 0.717) is 0 Å². The van der Waals surface area contributed by atoms with E-state index in [-0.39, 0.29) is 6.17 Å². The minimum absolute atomic E-state index is 0.0294. The fourth-order valence-corrected chi connectivity index (χ4v) is 1.26. The summed E-state index contributed by atoms with van der Waals surface area (Å²) in [5, 5.41) is 11.9. The third-order valence-corrected chi connectivity index (χ3v) is 1.87. The summed E-state index contributed by atoms with van der Waals surface area (Å²) in [6.07, 6.45) is 1.87.